The van der Waals surface area contributed by atoms with Crippen molar-refractivity contribution in [1.29, 1.82) is 0 Å². The summed E-state index contributed by atoms with van der Waals surface area (Å²) in [6, 6.07) is 5.00. The monoisotopic (exact) mass is 237 g/mol. The molecule has 0 spiro atoms. The average Bonchev–Trinajstić information content (AvgIpc) is 2.18. The molecule has 0 atom stereocenters. The van der Waals surface area contributed by atoms with Crippen molar-refractivity contribution in [2.75, 3.05) is 5.73 Å². The van der Waals surface area contributed by atoms with Crippen LogP contribution in [0.4, 0.5) is 5.82 Å². The number of hydrogen-bond acceptors (Lipinski definition) is 4. The normalized spacial score (nSPS) is 10.6. The Balaban J connectivity index is 2.59. The van der Waals surface area contributed by atoms with E-state index in [1.807, 2.05) is 0 Å². The van der Waals surface area contributed by atoms with Crippen LogP contribution in [0.25, 0.3) is 10.9 Å². The van der Waals surface area contributed by atoms with Crippen molar-refractivity contribution in [3.8, 4) is 0 Å². The highest BCUT2D eigenvalue weighted by Crippen LogP contribution is 2.21. The fourth-order valence-corrected chi connectivity index (χ4v) is 1.56. The van der Waals surface area contributed by atoms with Crippen molar-refractivity contribution in [3.05, 3.63) is 29.0 Å². The van der Waals surface area contributed by atoms with Crippen LogP contribution < -0.4 is 5.73 Å². The van der Waals surface area contributed by atoms with Gasteiger partial charge in [-0.25, -0.2) is 9.97 Å². The van der Waals surface area contributed by atoms with E-state index < -0.39 is 5.97 Å². The van der Waals surface area contributed by atoms with Crippen LogP contribution in [0.2, 0.25) is 5.02 Å². The molecule has 1 heterocycles. The van der Waals surface area contributed by atoms with E-state index in [1.165, 1.54) is 0 Å². The van der Waals surface area contributed by atoms with E-state index in [-0.39, 0.29) is 18.1 Å². The van der Waals surface area contributed by atoms with Gasteiger partial charge in [0.05, 0.1) is 5.52 Å². The molecule has 0 aliphatic rings. The van der Waals surface area contributed by atoms with Crippen LogP contribution in [-0.4, -0.2) is 21.0 Å². The van der Waals surface area contributed by atoms with Gasteiger partial charge < -0.3 is 10.8 Å². The number of carbonyl (C=O) groups is 1. The number of halogens is 1. The number of nitrogens with two attached hydrogens (primary N) is 1. The highest BCUT2D eigenvalue weighted by Gasteiger charge is 2.08. The number of benzene rings is 1. The van der Waals surface area contributed by atoms with Crippen LogP contribution in [-0.2, 0) is 11.2 Å². The minimum atomic E-state index is -0.993. The van der Waals surface area contributed by atoms with Crippen molar-refractivity contribution >= 4 is 34.3 Å². The summed E-state index contributed by atoms with van der Waals surface area (Å²) in [5.74, 6) is -0.559. The van der Waals surface area contributed by atoms with Gasteiger partial charge >= 0.3 is 5.97 Å². The number of hydrogen-bond donors (Lipinski definition) is 2. The van der Waals surface area contributed by atoms with Gasteiger partial charge in [-0.2, -0.15) is 0 Å². The lowest BCUT2D eigenvalue weighted by molar-refractivity contribution is -0.136. The second kappa shape index (κ2) is 3.94. The molecule has 2 rings (SSSR count). The maximum absolute atomic E-state index is 10.5. The van der Waals surface area contributed by atoms with Gasteiger partial charge in [0.25, 0.3) is 0 Å². The third kappa shape index (κ3) is 2.04. The van der Waals surface area contributed by atoms with Gasteiger partial charge in [-0.15, -0.1) is 0 Å². The number of rotatable bonds is 2. The Labute approximate surface area is 95.9 Å². The lowest BCUT2D eigenvalue weighted by Crippen LogP contribution is -2.07. The molecule has 0 unspecified atom stereocenters. The van der Waals surface area contributed by atoms with Crippen molar-refractivity contribution in [2.45, 2.75) is 6.42 Å². The molecule has 1 aromatic carbocycles. The smallest absolute Gasteiger partial charge is 0.311 e. The molecule has 5 nitrogen and oxygen atoms in total. The van der Waals surface area contributed by atoms with Crippen LogP contribution in [0.3, 0.4) is 0 Å². The number of carboxylic acid groups (broad SMARTS) is 1. The lowest BCUT2D eigenvalue weighted by Gasteiger charge is -2.03. The maximum atomic E-state index is 10.5. The average molecular weight is 238 g/mol. The lowest BCUT2D eigenvalue weighted by atomic mass is 10.2. The summed E-state index contributed by atoms with van der Waals surface area (Å²) in [4.78, 5) is 18.5. The van der Waals surface area contributed by atoms with Crippen molar-refractivity contribution in [1.82, 2.24) is 9.97 Å². The second-order valence-corrected chi connectivity index (χ2v) is 3.69. The Kier molecular flexibility index (Phi) is 2.62. The molecule has 1 aromatic heterocycles. The summed E-state index contributed by atoms with van der Waals surface area (Å²) in [6.45, 7) is 0. The zero-order valence-electron chi connectivity index (χ0n) is 8.14. The molecule has 82 valence electrons. The van der Waals surface area contributed by atoms with Gasteiger partial charge in [-0.05, 0) is 18.2 Å². The first-order valence-electron chi connectivity index (χ1n) is 4.49. The van der Waals surface area contributed by atoms with E-state index in [1.54, 1.807) is 18.2 Å². The molecule has 0 saturated heterocycles. The van der Waals surface area contributed by atoms with Crippen molar-refractivity contribution in [2.24, 2.45) is 0 Å². The van der Waals surface area contributed by atoms with Gasteiger partial charge in [0.15, 0.2) is 0 Å². The summed E-state index contributed by atoms with van der Waals surface area (Å²) in [7, 11) is 0. The third-order valence-corrected chi connectivity index (χ3v) is 2.28. The number of aliphatic carboxylic acids is 1. The Morgan fingerprint density at radius 2 is 2.19 bits per heavy atom. The van der Waals surface area contributed by atoms with E-state index in [9.17, 15) is 4.79 Å². The second-order valence-electron chi connectivity index (χ2n) is 3.26. The summed E-state index contributed by atoms with van der Waals surface area (Å²) in [6.07, 6.45) is -0.247. The van der Waals surface area contributed by atoms with Crippen molar-refractivity contribution in [3.63, 3.8) is 0 Å². The molecule has 0 fully saturated rings. The summed E-state index contributed by atoms with van der Waals surface area (Å²) in [5, 5.41) is 9.79. The highest BCUT2D eigenvalue weighted by molar-refractivity contribution is 6.31. The van der Waals surface area contributed by atoms with E-state index >= 15 is 0 Å². The number of anilines is 1. The Bertz CT molecular complexity index is 571. The quantitative estimate of drug-likeness (QED) is 0.826. The first-order valence-corrected chi connectivity index (χ1v) is 4.87. The number of carboxylic acids is 1. The predicted octanol–water partition coefficient (Wildman–Crippen LogP) is 1.49. The number of nitrogens with zero attached hydrogens (tertiary/aromatic N) is 2. The summed E-state index contributed by atoms with van der Waals surface area (Å²) >= 11 is 5.81. The van der Waals surface area contributed by atoms with Crippen LogP contribution >= 0.6 is 11.6 Å². The minimum Gasteiger partial charge on any atom is -0.481 e. The van der Waals surface area contributed by atoms with Crippen LogP contribution in [0, 0.1) is 0 Å². The standard InChI is InChI=1S/C10H8ClN3O2/c11-5-1-2-7-6(3-5)10(12)14-8(13-7)4-9(15)16/h1-3H,4H2,(H,15,16)(H2,12,13,14). The predicted molar refractivity (Wildman–Crippen MR) is 60.3 cm³/mol. The van der Waals surface area contributed by atoms with E-state index in [0.717, 1.165) is 0 Å². The largest absolute Gasteiger partial charge is 0.481 e. The van der Waals surface area contributed by atoms with E-state index in [2.05, 4.69) is 9.97 Å². The molecular weight excluding hydrogens is 230 g/mol. The topological polar surface area (TPSA) is 89.1 Å². The molecule has 0 saturated carbocycles. The van der Waals surface area contributed by atoms with Gasteiger partial charge in [0.2, 0.25) is 0 Å². The third-order valence-electron chi connectivity index (χ3n) is 2.04. The molecule has 6 heteroatoms. The van der Waals surface area contributed by atoms with Crippen LogP contribution in [0.1, 0.15) is 5.82 Å². The van der Waals surface area contributed by atoms with E-state index in [4.69, 9.17) is 22.4 Å². The fourth-order valence-electron chi connectivity index (χ4n) is 1.39. The minimum absolute atomic E-state index is 0.194. The number of nitrogen functional groups attached to an aromatic ring is 1. The van der Waals surface area contributed by atoms with Gasteiger partial charge in [-0.1, -0.05) is 11.6 Å². The molecule has 0 radical (unpaired) electrons. The molecule has 3 N–H and O–H groups in total. The molecule has 2 aromatic rings. The van der Waals surface area contributed by atoms with Crippen molar-refractivity contribution < 1.29 is 9.90 Å². The van der Waals surface area contributed by atoms with Crippen LogP contribution in [0.15, 0.2) is 18.2 Å². The molecular formula is C10H8ClN3O2. The molecule has 16 heavy (non-hydrogen) atoms. The Morgan fingerprint density at radius 1 is 1.44 bits per heavy atom. The first-order chi connectivity index (χ1) is 7.56. The Morgan fingerprint density at radius 3 is 2.88 bits per heavy atom. The number of aromatic nitrogens is 2. The zero-order chi connectivity index (χ0) is 11.7. The Hall–Kier alpha value is -1.88. The zero-order valence-corrected chi connectivity index (χ0v) is 8.90. The summed E-state index contributed by atoms with van der Waals surface area (Å²) < 4.78 is 0. The number of fused-ring (bicyclic) bond motifs is 1. The van der Waals surface area contributed by atoms with E-state index in [0.29, 0.717) is 15.9 Å². The van der Waals surface area contributed by atoms with Crippen LogP contribution in [0.5, 0.6) is 0 Å². The molecule has 0 aliphatic carbocycles. The maximum Gasteiger partial charge on any atom is 0.311 e. The molecule has 0 amide bonds. The fraction of sp³-hybridized carbons (Fsp3) is 0.100. The summed E-state index contributed by atoms with van der Waals surface area (Å²) in [5.41, 5.74) is 6.29. The van der Waals surface area contributed by atoms with Gasteiger partial charge in [0.1, 0.15) is 18.1 Å². The van der Waals surface area contributed by atoms with Gasteiger partial charge in [0, 0.05) is 10.4 Å². The highest BCUT2D eigenvalue weighted by atomic mass is 35.5. The van der Waals surface area contributed by atoms with Gasteiger partial charge in [-0.3, -0.25) is 4.79 Å². The molecule has 0 aliphatic heterocycles. The first kappa shape index (κ1) is 10.6. The SMILES string of the molecule is Nc1nc(CC(=O)O)nc2ccc(Cl)cc12. The molecule has 0 bridgehead atoms.